The summed E-state index contributed by atoms with van der Waals surface area (Å²) in [6.07, 6.45) is 1.97. The number of rotatable bonds is 4. The summed E-state index contributed by atoms with van der Waals surface area (Å²) in [6, 6.07) is 1.92. The first-order valence-electron chi connectivity index (χ1n) is 6.07. The molecule has 6 heteroatoms. The molecule has 0 radical (unpaired) electrons. The molecule has 0 aliphatic rings. The van der Waals surface area contributed by atoms with Gasteiger partial charge in [0.1, 0.15) is 0 Å². The number of nitrogens with one attached hydrogen (secondary N) is 1. The fourth-order valence-corrected chi connectivity index (χ4v) is 2.27. The Morgan fingerprint density at radius 2 is 2.45 bits per heavy atom. The van der Waals surface area contributed by atoms with Crippen LogP contribution in [0.3, 0.4) is 0 Å². The maximum atomic E-state index is 11.8. The lowest BCUT2D eigenvalue weighted by atomic mass is 10.2. The van der Waals surface area contributed by atoms with Crippen LogP contribution in [0, 0.1) is 18.8 Å². The molecule has 1 amide bonds. The van der Waals surface area contributed by atoms with Crippen molar-refractivity contribution >= 4 is 17.2 Å². The standard InChI is InChI=1S/C14H14N2O3S/c1-10-7-16-19-13(10)14(18)15-8-12-6-11(9-20-12)4-2-3-5-17/h6-7,9,17H,3,5,8H2,1H3,(H,15,18). The Morgan fingerprint density at radius 1 is 1.60 bits per heavy atom. The Kier molecular flexibility index (Phi) is 4.93. The highest BCUT2D eigenvalue weighted by molar-refractivity contribution is 7.10. The molecule has 2 heterocycles. The molecule has 20 heavy (non-hydrogen) atoms. The van der Waals surface area contributed by atoms with Crippen molar-refractivity contribution in [2.75, 3.05) is 6.61 Å². The van der Waals surface area contributed by atoms with Crippen LogP contribution in [0.4, 0.5) is 0 Å². The second kappa shape index (κ2) is 6.89. The summed E-state index contributed by atoms with van der Waals surface area (Å²) >= 11 is 1.53. The minimum atomic E-state index is -0.277. The molecule has 0 saturated heterocycles. The van der Waals surface area contributed by atoms with Crippen molar-refractivity contribution in [3.8, 4) is 11.8 Å². The monoisotopic (exact) mass is 290 g/mol. The van der Waals surface area contributed by atoms with Crippen LogP contribution in [0.5, 0.6) is 0 Å². The quantitative estimate of drug-likeness (QED) is 0.841. The minimum Gasteiger partial charge on any atom is -0.395 e. The van der Waals surface area contributed by atoms with Crippen LogP contribution >= 0.6 is 11.3 Å². The highest BCUT2D eigenvalue weighted by Gasteiger charge is 2.13. The van der Waals surface area contributed by atoms with Gasteiger partial charge in [0.25, 0.3) is 5.91 Å². The van der Waals surface area contributed by atoms with Crippen molar-refractivity contribution in [2.45, 2.75) is 19.9 Å². The first-order valence-corrected chi connectivity index (χ1v) is 6.95. The van der Waals surface area contributed by atoms with Crippen molar-refractivity contribution < 1.29 is 14.4 Å². The number of nitrogens with zero attached hydrogens (tertiary/aromatic N) is 1. The number of hydrogen-bond acceptors (Lipinski definition) is 5. The second-order valence-electron chi connectivity index (χ2n) is 4.10. The number of carbonyl (C=O) groups excluding carboxylic acids is 1. The first-order chi connectivity index (χ1) is 9.70. The molecule has 0 unspecified atom stereocenters. The third-order valence-corrected chi connectivity index (χ3v) is 3.44. The lowest BCUT2D eigenvalue weighted by Crippen LogP contribution is -2.22. The van der Waals surface area contributed by atoms with E-state index in [-0.39, 0.29) is 18.3 Å². The normalized spacial score (nSPS) is 9.90. The van der Waals surface area contributed by atoms with Gasteiger partial charge in [-0.2, -0.15) is 0 Å². The SMILES string of the molecule is Cc1cnoc1C(=O)NCc1cc(C#CCCO)cs1. The number of aliphatic hydroxyl groups excluding tert-OH is 1. The zero-order valence-corrected chi connectivity index (χ0v) is 11.8. The predicted octanol–water partition coefficient (Wildman–Crippen LogP) is 1.71. The molecule has 2 aromatic heterocycles. The van der Waals surface area contributed by atoms with Gasteiger partial charge in [-0.3, -0.25) is 4.79 Å². The Labute approximate surface area is 120 Å². The molecular formula is C14H14N2O3S. The van der Waals surface area contributed by atoms with E-state index in [4.69, 9.17) is 9.63 Å². The molecular weight excluding hydrogens is 276 g/mol. The molecule has 2 rings (SSSR count). The van der Waals surface area contributed by atoms with Gasteiger partial charge >= 0.3 is 0 Å². The number of aliphatic hydroxyl groups is 1. The van der Waals surface area contributed by atoms with Crippen LogP contribution in [0.1, 0.15) is 33.0 Å². The highest BCUT2D eigenvalue weighted by atomic mass is 32.1. The van der Waals surface area contributed by atoms with Crippen molar-refractivity contribution in [3.05, 3.63) is 39.4 Å². The van der Waals surface area contributed by atoms with E-state index >= 15 is 0 Å². The van der Waals surface area contributed by atoms with Gasteiger partial charge in [-0.15, -0.1) is 11.3 Å². The molecule has 5 nitrogen and oxygen atoms in total. The van der Waals surface area contributed by atoms with E-state index in [2.05, 4.69) is 22.3 Å². The smallest absolute Gasteiger partial charge is 0.290 e. The van der Waals surface area contributed by atoms with Crippen molar-refractivity contribution in [1.29, 1.82) is 0 Å². The number of thiophene rings is 1. The van der Waals surface area contributed by atoms with Gasteiger partial charge in [0.15, 0.2) is 0 Å². The zero-order chi connectivity index (χ0) is 14.4. The van der Waals surface area contributed by atoms with Crippen LogP contribution in [0.15, 0.2) is 22.2 Å². The molecule has 0 aliphatic heterocycles. The van der Waals surface area contributed by atoms with E-state index in [1.165, 1.54) is 17.5 Å². The van der Waals surface area contributed by atoms with Crippen LogP contribution in [0.25, 0.3) is 0 Å². The lowest BCUT2D eigenvalue weighted by molar-refractivity contribution is 0.0913. The third-order valence-electron chi connectivity index (χ3n) is 2.50. The van der Waals surface area contributed by atoms with Crippen LogP contribution < -0.4 is 5.32 Å². The van der Waals surface area contributed by atoms with Gasteiger partial charge in [0, 0.05) is 27.8 Å². The van der Waals surface area contributed by atoms with Crippen molar-refractivity contribution in [3.63, 3.8) is 0 Å². The minimum absolute atomic E-state index is 0.0661. The van der Waals surface area contributed by atoms with E-state index in [9.17, 15) is 4.79 Å². The molecule has 2 aromatic rings. The fourth-order valence-electron chi connectivity index (χ4n) is 1.52. The van der Waals surface area contributed by atoms with Crippen LogP contribution in [-0.2, 0) is 6.54 Å². The van der Waals surface area contributed by atoms with Crippen LogP contribution in [0.2, 0.25) is 0 Å². The molecule has 2 N–H and O–H groups in total. The third kappa shape index (κ3) is 3.70. The van der Waals surface area contributed by atoms with Gasteiger partial charge < -0.3 is 14.9 Å². The number of amides is 1. The Balaban J connectivity index is 1.90. The molecule has 0 aromatic carbocycles. The topological polar surface area (TPSA) is 75.4 Å². The molecule has 0 spiro atoms. The average Bonchev–Trinajstić information content (AvgIpc) is 3.05. The van der Waals surface area contributed by atoms with Crippen LogP contribution in [-0.4, -0.2) is 22.8 Å². The summed E-state index contributed by atoms with van der Waals surface area (Å²) in [5, 5.41) is 16.9. The average molecular weight is 290 g/mol. The second-order valence-corrected chi connectivity index (χ2v) is 5.09. The lowest BCUT2D eigenvalue weighted by Gasteiger charge is -2.00. The Hall–Kier alpha value is -2.10. The van der Waals surface area contributed by atoms with Gasteiger partial charge in [0.2, 0.25) is 5.76 Å². The molecule has 104 valence electrons. The summed E-state index contributed by atoms with van der Waals surface area (Å²) in [7, 11) is 0. The number of aryl methyl sites for hydroxylation is 1. The first kappa shape index (κ1) is 14.3. The predicted molar refractivity (Wildman–Crippen MR) is 75.3 cm³/mol. The van der Waals surface area contributed by atoms with Crippen molar-refractivity contribution in [1.82, 2.24) is 10.5 Å². The molecule has 0 atom stereocenters. The van der Waals surface area contributed by atoms with Gasteiger partial charge in [-0.25, -0.2) is 0 Å². The van der Waals surface area contributed by atoms with E-state index in [1.807, 2.05) is 11.4 Å². The fraction of sp³-hybridized carbons (Fsp3) is 0.286. The Morgan fingerprint density at radius 3 is 3.15 bits per heavy atom. The van der Waals surface area contributed by atoms with Gasteiger partial charge in [0.05, 0.1) is 19.3 Å². The summed E-state index contributed by atoms with van der Waals surface area (Å²) < 4.78 is 4.88. The maximum absolute atomic E-state index is 11.8. The van der Waals surface area contributed by atoms with E-state index in [0.717, 1.165) is 10.4 Å². The van der Waals surface area contributed by atoms with E-state index in [1.54, 1.807) is 6.92 Å². The number of aromatic nitrogens is 1. The zero-order valence-electron chi connectivity index (χ0n) is 11.0. The summed E-state index contributed by atoms with van der Waals surface area (Å²) in [5.74, 6) is 5.77. The molecule has 0 fully saturated rings. The number of carbonyl (C=O) groups is 1. The summed E-state index contributed by atoms with van der Waals surface area (Å²) in [4.78, 5) is 12.8. The van der Waals surface area contributed by atoms with Crippen molar-refractivity contribution in [2.24, 2.45) is 0 Å². The summed E-state index contributed by atoms with van der Waals surface area (Å²) in [5.41, 5.74) is 1.60. The maximum Gasteiger partial charge on any atom is 0.290 e. The van der Waals surface area contributed by atoms with Gasteiger partial charge in [-0.05, 0) is 13.0 Å². The largest absolute Gasteiger partial charge is 0.395 e. The molecule has 0 aliphatic carbocycles. The number of hydrogen-bond donors (Lipinski definition) is 2. The molecule has 0 saturated carbocycles. The van der Waals surface area contributed by atoms with Gasteiger partial charge in [-0.1, -0.05) is 17.0 Å². The summed E-state index contributed by atoms with van der Waals surface area (Å²) in [6.45, 7) is 2.26. The van der Waals surface area contributed by atoms with E-state index in [0.29, 0.717) is 18.5 Å². The highest BCUT2D eigenvalue weighted by Crippen LogP contribution is 2.14. The molecule has 0 bridgehead atoms. The Bertz CT molecular complexity index is 649. The van der Waals surface area contributed by atoms with E-state index < -0.39 is 0 Å².